The van der Waals surface area contributed by atoms with Crippen molar-refractivity contribution in [1.82, 2.24) is 36.4 Å². The fourth-order valence-electron chi connectivity index (χ4n) is 7.91. The number of phenolic OH excluding ortho intramolecular Hbond substituents is 1. The van der Waals surface area contributed by atoms with Gasteiger partial charge in [0, 0.05) is 44.8 Å². The van der Waals surface area contributed by atoms with Gasteiger partial charge in [0.1, 0.15) is 41.9 Å². The van der Waals surface area contributed by atoms with Gasteiger partial charge >= 0.3 is 35.7 Å². The second-order valence-corrected chi connectivity index (χ2v) is 19.1. The SMILES string of the molecule is C[C@@H](O)[C@@H]1NC(=O)[C@@H](NC(=O)OC(C)(C)C)C[C@@H](O)CNC(=O)[C@@H]2[C@@H](O)[C@@H](C)CN2C(=O)[C@H]([C@H](O)CC(N)=O)NC(=O)[C@H]([C@H](O)Cc2ccc(O)c(OS(=O)(=O)[O-])c2)NC(=O)[C@@H]2C[C@@H](O)CN2C1=O.[Na+]. The number of hydrogen-bond donors (Lipinski definition) is 13. The summed E-state index contributed by atoms with van der Waals surface area (Å²) in [6.45, 7) is 5.24. The van der Waals surface area contributed by atoms with Crippen LogP contribution in [0.2, 0.25) is 0 Å². The first-order valence-electron chi connectivity index (χ1n) is 21.5. The molecule has 1 aromatic rings. The summed E-state index contributed by atoms with van der Waals surface area (Å²) in [6, 6.07) is -9.15. The molecule has 0 spiro atoms. The number of ether oxygens (including phenoxy) is 1. The predicted octanol–water partition coefficient (Wildman–Crippen LogP) is -9.85. The fourth-order valence-corrected chi connectivity index (χ4v) is 8.27. The molecule has 3 aliphatic heterocycles. The number of aromatic hydroxyl groups is 1. The average molecular weight is 1030 g/mol. The van der Waals surface area contributed by atoms with Crippen LogP contribution in [-0.4, -0.2) is 204 Å². The Morgan fingerprint density at radius 2 is 1.47 bits per heavy atom. The number of alkyl carbamates (subject to hydrolysis) is 1. The maximum absolute atomic E-state index is 14.4. The van der Waals surface area contributed by atoms with Crippen LogP contribution in [0.15, 0.2) is 18.2 Å². The number of amides is 8. The van der Waals surface area contributed by atoms with Gasteiger partial charge in [0.15, 0.2) is 11.5 Å². The van der Waals surface area contributed by atoms with Crippen molar-refractivity contribution >= 4 is 57.8 Å². The normalized spacial score (nSPS) is 29.0. The summed E-state index contributed by atoms with van der Waals surface area (Å²) < 4.78 is 43.5. The number of hydrogen-bond acceptors (Lipinski definition) is 20. The minimum atomic E-state index is -5.47. The van der Waals surface area contributed by atoms with Crippen LogP contribution < -0.4 is 66.1 Å². The zero-order valence-electron chi connectivity index (χ0n) is 39.0. The van der Waals surface area contributed by atoms with Crippen LogP contribution in [-0.2, 0) is 55.1 Å². The van der Waals surface area contributed by atoms with Crippen molar-refractivity contribution in [2.75, 3.05) is 19.6 Å². The smallest absolute Gasteiger partial charge is 0.716 e. The van der Waals surface area contributed by atoms with E-state index in [0.717, 1.165) is 34.9 Å². The molecular weight excluding hydrogens is 968 g/mol. The van der Waals surface area contributed by atoms with Crippen LogP contribution in [0, 0.1) is 5.92 Å². The molecule has 386 valence electrons. The second-order valence-electron chi connectivity index (χ2n) is 18.1. The molecule has 14 N–H and O–H groups in total. The van der Waals surface area contributed by atoms with E-state index in [-0.39, 0.29) is 35.1 Å². The Hall–Kier alpha value is -4.95. The summed E-state index contributed by atoms with van der Waals surface area (Å²) >= 11 is 0. The Kier molecular flexibility index (Phi) is 20.7. The number of aliphatic hydroxyl groups is 6. The van der Waals surface area contributed by atoms with E-state index in [1.807, 2.05) is 0 Å². The van der Waals surface area contributed by atoms with Crippen molar-refractivity contribution in [3.05, 3.63) is 23.8 Å². The van der Waals surface area contributed by atoms with Gasteiger partial charge in [-0.2, -0.15) is 0 Å². The van der Waals surface area contributed by atoms with E-state index in [1.54, 1.807) is 0 Å². The molecule has 70 heavy (non-hydrogen) atoms. The third-order valence-electron chi connectivity index (χ3n) is 11.2. The topological polar surface area (TPSA) is 446 Å². The molecule has 28 nitrogen and oxygen atoms in total. The van der Waals surface area contributed by atoms with Crippen LogP contribution >= 0.6 is 0 Å². The van der Waals surface area contributed by atoms with Gasteiger partial charge in [-0.3, -0.25) is 33.6 Å². The first kappa shape index (κ1) is 59.4. The molecule has 0 aromatic heterocycles. The number of β-amino-alcohol motifs (C(OH)–C–C–N with tert-alkyl or cyclic N) is 1. The summed E-state index contributed by atoms with van der Waals surface area (Å²) in [5.74, 6) is -11.5. The predicted molar refractivity (Wildman–Crippen MR) is 229 cm³/mol. The Labute approximate surface area is 423 Å². The van der Waals surface area contributed by atoms with Crippen LogP contribution in [0.3, 0.4) is 0 Å². The monoisotopic (exact) mass is 1030 g/mol. The third kappa shape index (κ3) is 16.0. The van der Waals surface area contributed by atoms with E-state index < -0.39 is 199 Å². The van der Waals surface area contributed by atoms with Crippen molar-refractivity contribution in [3.63, 3.8) is 0 Å². The van der Waals surface area contributed by atoms with Gasteiger partial charge in [-0.05, 0) is 45.4 Å². The number of primary amides is 1. The molecule has 0 radical (unpaired) electrons. The first-order chi connectivity index (χ1) is 31.9. The van der Waals surface area contributed by atoms with E-state index in [0.29, 0.717) is 0 Å². The Bertz CT molecular complexity index is 2230. The largest absolute Gasteiger partial charge is 1.00 e. The standard InChI is InChI=1S/C40H60N8O20S.Na/c1-16-14-48-31(32(16)56)36(60)42-13-19(50)10-21(43-39(63)67-40(3,4)5)33(57)44-28(17(2)49)37(61)47-15-20(51)11-22(47)34(58)45-29(35(59)46-30(38(48)62)25(54)12-27(41)55)24(53)8-18-6-7-23(52)26(9-18)68-69(64,65)66;/h6-7,9,16-17,19-22,24-25,28-32,49-54,56H,8,10-15H2,1-5H3,(H2,41,55)(H,42,60)(H,43,63)(H,44,57)(H,45,58)(H,46,59)(H,64,65,66);/q;+1/p-1/t16-,17+,19+,20+,21-,22-,24+,25+,28-,29-,30-,31-,32-;/m0./s1. The number of nitrogens with one attached hydrogen (secondary N) is 5. The Morgan fingerprint density at radius 1 is 0.871 bits per heavy atom. The van der Waals surface area contributed by atoms with E-state index in [1.165, 1.54) is 27.7 Å². The Morgan fingerprint density at radius 3 is 2.06 bits per heavy atom. The average Bonchev–Trinajstić information content (AvgIpc) is 3.76. The number of carbonyl (C=O) groups excluding carboxylic acids is 8. The van der Waals surface area contributed by atoms with E-state index in [4.69, 9.17) is 10.5 Å². The van der Waals surface area contributed by atoms with Crippen molar-refractivity contribution in [1.29, 1.82) is 0 Å². The van der Waals surface area contributed by atoms with Crippen LogP contribution in [0.5, 0.6) is 11.5 Å². The van der Waals surface area contributed by atoms with Gasteiger partial charge in [-0.25, -0.2) is 13.2 Å². The van der Waals surface area contributed by atoms with Gasteiger partial charge in [-0.1, -0.05) is 13.0 Å². The number of aliphatic hydroxyl groups excluding tert-OH is 6. The van der Waals surface area contributed by atoms with Crippen molar-refractivity contribution in [2.24, 2.45) is 11.7 Å². The molecule has 0 saturated carbocycles. The van der Waals surface area contributed by atoms with E-state index >= 15 is 0 Å². The molecule has 0 bridgehead atoms. The summed E-state index contributed by atoms with van der Waals surface area (Å²) in [4.78, 5) is 111. The van der Waals surface area contributed by atoms with E-state index in [9.17, 15) is 87.1 Å². The first-order valence-corrected chi connectivity index (χ1v) is 22.8. The zero-order chi connectivity index (χ0) is 52.0. The second kappa shape index (κ2) is 24.4. The number of benzene rings is 1. The van der Waals surface area contributed by atoms with Crippen molar-refractivity contribution in [2.45, 2.75) is 139 Å². The minimum absolute atomic E-state index is 0. The maximum Gasteiger partial charge on any atom is 1.00 e. The van der Waals surface area contributed by atoms with Gasteiger partial charge in [0.2, 0.25) is 41.4 Å². The number of carbonyl (C=O) groups is 8. The zero-order valence-corrected chi connectivity index (χ0v) is 41.8. The number of nitrogens with two attached hydrogens (primary N) is 1. The molecule has 3 fully saturated rings. The number of phenols is 1. The van der Waals surface area contributed by atoms with E-state index in [2.05, 4.69) is 30.8 Å². The molecule has 0 aliphatic carbocycles. The Balaban J connectivity index is 0.0000130. The van der Waals surface area contributed by atoms with Gasteiger partial charge in [-0.15, -0.1) is 0 Å². The minimum Gasteiger partial charge on any atom is -0.716 e. The summed E-state index contributed by atoms with van der Waals surface area (Å²) in [5, 5.41) is 88.0. The van der Waals surface area contributed by atoms with Crippen LogP contribution in [0.4, 0.5) is 4.79 Å². The molecule has 3 aliphatic rings. The molecule has 1 aromatic carbocycles. The molecule has 3 saturated heterocycles. The molecule has 0 unspecified atom stereocenters. The quantitative estimate of drug-likeness (QED) is 0.0588. The molecular formula is C40H59N8NaO20S. The number of rotatable bonds is 10. The molecule has 30 heteroatoms. The summed E-state index contributed by atoms with van der Waals surface area (Å²) in [6.07, 6.45) is -15.2. The molecule has 4 rings (SSSR count). The number of fused-ring (bicyclic) bond motifs is 2. The van der Waals surface area contributed by atoms with Crippen molar-refractivity contribution < 1.29 is 126 Å². The summed E-state index contributed by atoms with van der Waals surface area (Å²) in [5.41, 5.74) is 4.04. The third-order valence-corrected chi connectivity index (χ3v) is 11.6. The molecule has 3 heterocycles. The van der Waals surface area contributed by atoms with Gasteiger partial charge in [0.25, 0.3) is 10.4 Å². The van der Waals surface area contributed by atoms with Gasteiger partial charge in [0.05, 0.1) is 43.0 Å². The maximum atomic E-state index is 14.4. The fraction of sp³-hybridized carbons (Fsp3) is 0.650. The molecule has 13 atom stereocenters. The van der Waals surface area contributed by atoms with Crippen molar-refractivity contribution in [3.8, 4) is 11.5 Å². The molecule has 8 amide bonds. The van der Waals surface area contributed by atoms with Crippen LogP contribution in [0.1, 0.15) is 59.4 Å². The number of nitrogens with zero attached hydrogens (tertiary/aromatic N) is 2. The summed E-state index contributed by atoms with van der Waals surface area (Å²) in [7, 11) is -5.47. The van der Waals surface area contributed by atoms with Gasteiger partial charge < -0.3 is 91.3 Å². The van der Waals surface area contributed by atoms with Crippen LogP contribution in [0.25, 0.3) is 0 Å².